The SMILES string of the molecule is CS(=O)(=O)c1ccc(/C(=C\C2CCCC2)C(=O)Nc2cnc(C3OCCO3)cn2)cc1Cl. The van der Waals surface area contributed by atoms with Crippen molar-refractivity contribution in [2.75, 3.05) is 24.8 Å². The van der Waals surface area contributed by atoms with E-state index in [-0.39, 0.29) is 27.6 Å². The lowest BCUT2D eigenvalue weighted by atomic mass is 9.98. The Labute approximate surface area is 191 Å². The summed E-state index contributed by atoms with van der Waals surface area (Å²) >= 11 is 6.24. The zero-order valence-corrected chi connectivity index (χ0v) is 19.2. The molecule has 1 aliphatic heterocycles. The molecule has 2 aliphatic rings. The number of rotatable bonds is 6. The number of hydrogen-bond donors (Lipinski definition) is 1. The molecule has 1 saturated heterocycles. The number of carbonyl (C=O) groups excluding carboxylic acids is 1. The minimum atomic E-state index is -3.47. The molecule has 10 heteroatoms. The number of hydrogen-bond acceptors (Lipinski definition) is 7. The van der Waals surface area contributed by atoms with Crippen LogP contribution in [0.1, 0.15) is 43.2 Å². The molecular weight excluding hydrogens is 454 g/mol. The summed E-state index contributed by atoms with van der Waals surface area (Å²) in [6.45, 7) is 1.00. The van der Waals surface area contributed by atoms with Crippen LogP contribution in [0.4, 0.5) is 5.82 Å². The van der Waals surface area contributed by atoms with E-state index >= 15 is 0 Å². The van der Waals surface area contributed by atoms with Gasteiger partial charge in [-0.1, -0.05) is 36.6 Å². The molecule has 0 unspecified atom stereocenters. The highest BCUT2D eigenvalue weighted by atomic mass is 35.5. The smallest absolute Gasteiger partial charge is 0.257 e. The topological polar surface area (TPSA) is 107 Å². The van der Waals surface area contributed by atoms with Gasteiger partial charge in [0, 0.05) is 11.8 Å². The van der Waals surface area contributed by atoms with Crippen LogP contribution >= 0.6 is 11.6 Å². The molecule has 1 amide bonds. The van der Waals surface area contributed by atoms with Crippen molar-refractivity contribution in [2.24, 2.45) is 5.92 Å². The third kappa shape index (κ3) is 5.35. The molecule has 2 aromatic rings. The van der Waals surface area contributed by atoms with Gasteiger partial charge in [0.2, 0.25) is 6.29 Å². The lowest BCUT2D eigenvalue weighted by Gasteiger charge is -2.13. The molecule has 1 saturated carbocycles. The van der Waals surface area contributed by atoms with Crippen LogP contribution in [0.15, 0.2) is 41.6 Å². The highest BCUT2D eigenvalue weighted by Crippen LogP contribution is 2.32. The number of allylic oxidation sites excluding steroid dienone is 1. The molecule has 1 aromatic carbocycles. The van der Waals surface area contributed by atoms with Crippen molar-refractivity contribution in [3.8, 4) is 0 Å². The maximum absolute atomic E-state index is 13.2. The third-order valence-corrected chi connectivity index (χ3v) is 7.05. The molecule has 1 aliphatic carbocycles. The van der Waals surface area contributed by atoms with Crippen LogP contribution < -0.4 is 5.32 Å². The molecule has 8 nitrogen and oxygen atoms in total. The second-order valence-corrected chi connectivity index (χ2v) is 10.3. The molecule has 170 valence electrons. The first-order valence-corrected chi connectivity index (χ1v) is 12.7. The molecule has 0 radical (unpaired) electrons. The molecule has 1 N–H and O–H groups in total. The number of anilines is 1. The minimum Gasteiger partial charge on any atom is -0.345 e. The summed E-state index contributed by atoms with van der Waals surface area (Å²) in [6.07, 6.45) is 9.68. The van der Waals surface area contributed by atoms with E-state index in [4.69, 9.17) is 21.1 Å². The van der Waals surface area contributed by atoms with Gasteiger partial charge in [0.25, 0.3) is 5.91 Å². The van der Waals surface area contributed by atoms with E-state index in [2.05, 4.69) is 15.3 Å². The molecule has 0 bridgehead atoms. The zero-order chi connectivity index (χ0) is 22.7. The Bertz CT molecular complexity index is 1120. The average Bonchev–Trinajstić information content (AvgIpc) is 3.46. The standard InChI is InChI=1S/C22H24ClN3O5S/c1-32(28,29)19-7-6-15(11-17(19)23)16(10-14-4-2-3-5-14)21(27)26-20-13-24-18(12-25-20)22-30-8-9-31-22/h6-7,10-14,22H,2-5,8-9H2,1H3,(H,25,26,27)/b16-10+. The molecule has 1 aromatic heterocycles. The van der Waals surface area contributed by atoms with E-state index in [1.807, 2.05) is 6.08 Å². The van der Waals surface area contributed by atoms with E-state index in [9.17, 15) is 13.2 Å². The number of sulfone groups is 1. The number of benzene rings is 1. The fraction of sp³-hybridized carbons (Fsp3) is 0.409. The van der Waals surface area contributed by atoms with Gasteiger partial charge in [0.1, 0.15) is 5.69 Å². The van der Waals surface area contributed by atoms with Crippen LogP contribution in [0.3, 0.4) is 0 Å². The van der Waals surface area contributed by atoms with Crippen molar-refractivity contribution < 1.29 is 22.7 Å². The van der Waals surface area contributed by atoms with Crippen LogP contribution in [0.2, 0.25) is 5.02 Å². The summed E-state index contributed by atoms with van der Waals surface area (Å²) in [5, 5.41) is 2.85. The highest BCUT2D eigenvalue weighted by Gasteiger charge is 2.22. The summed E-state index contributed by atoms with van der Waals surface area (Å²) in [7, 11) is -3.47. The van der Waals surface area contributed by atoms with Crippen molar-refractivity contribution in [1.29, 1.82) is 0 Å². The zero-order valence-electron chi connectivity index (χ0n) is 17.6. The van der Waals surface area contributed by atoms with Gasteiger partial charge in [-0.2, -0.15) is 0 Å². The molecule has 0 atom stereocenters. The molecular formula is C22H24ClN3O5S. The van der Waals surface area contributed by atoms with Crippen molar-refractivity contribution in [3.05, 3.63) is 52.9 Å². The number of carbonyl (C=O) groups is 1. The molecule has 2 fully saturated rings. The maximum Gasteiger partial charge on any atom is 0.257 e. The van der Waals surface area contributed by atoms with Crippen LogP contribution in [0.5, 0.6) is 0 Å². The normalized spacial score (nSPS) is 18.2. The number of ether oxygens (including phenoxy) is 2. The third-order valence-electron chi connectivity index (χ3n) is 5.47. The predicted octanol–water partition coefficient (Wildman–Crippen LogP) is 3.79. The number of amides is 1. The minimum absolute atomic E-state index is 0.0290. The van der Waals surface area contributed by atoms with E-state index in [0.717, 1.165) is 31.9 Å². The van der Waals surface area contributed by atoms with Gasteiger partial charge in [0.05, 0.1) is 35.5 Å². The van der Waals surface area contributed by atoms with Crippen molar-refractivity contribution in [1.82, 2.24) is 9.97 Å². The van der Waals surface area contributed by atoms with E-state index in [1.165, 1.54) is 24.5 Å². The maximum atomic E-state index is 13.2. The Morgan fingerprint density at radius 2 is 1.88 bits per heavy atom. The van der Waals surface area contributed by atoms with Crippen LogP contribution in [-0.2, 0) is 24.1 Å². The first-order chi connectivity index (χ1) is 15.3. The van der Waals surface area contributed by atoms with Gasteiger partial charge >= 0.3 is 0 Å². The summed E-state index contributed by atoms with van der Waals surface area (Å²) in [5.74, 6) is 0.192. The highest BCUT2D eigenvalue weighted by molar-refractivity contribution is 7.90. The van der Waals surface area contributed by atoms with E-state index in [1.54, 1.807) is 6.07 Å². The number of nitrogens with zero attached hydrogens (tertiary/aromatic N) is 2. The first kappa shape index (κ1) is 22.8. The lowest BCUT2D eigenvalue weighted by Crippen LogP contribution is -2.16. The molecule has 2 heterocycles. The summed E-state index contributed by atoms with van der Waals surface area (Å²) in [4.78, 5) is 21.7. The Balaban J connectivity index is 1.59. The largest absolute Gasteiger partial charge is 0.345 e. The van der Waals surface area contributed by atoms with Crippen molar-refractivity contribution in [3.63, 3.8) is 0 Å². The predicted molar refractivity (Wildman–Crippen MR) is 120 cm³/mol. The fourth-order valence-electron chi connectivity index (χ4n) is 3.87. The summed E-state index contributed by atoms with van der Waals surface area (Å²) in [5.41, 5.74) is 1.50. The van der Waals surface area contributed by atoms with Gasteiger partial charge in [-0.15, -0.1) is 0 Å². The Morgan fingerprint density at radius 1 is 1.16 bits per heavy atom. The quantitative estimate of drug-likeness (QED) is 0.630. The Kier molecular flexibility index (Phi) is 6.90. The van der Waals surface area contributed by atoms with E-state index in [0.29, 0.717) is 30.0 Å². The van der Waals surface area contributed by atoms with Crippen LogP contribution in [0.25, 0.3) is 5.57 Å². The molecule has 0 spiro atoms. The summed E-state index contributed by atoms with van der Waals surface area (Å²) < 4.78 is 34.6. The number of halogens is 1. The Morgan fingerprint density at radius 3 is 2.47 bits per heavy atom. The lowest BCUT2D eigenvalue weighted by molar-refractivity contribution is -0.111. The van der Waals surface area contributed by atoms with Crippen molar-refractivity contribution >= 4 is 38.7 Å². The van der Waals surface area contributed by atoms with Crippen molar-refractivity contribution in [2.45, 2.75) is 36.9 Å². The van der Waals surface area contributed by atoms with Gasteiger partial charge in [-0.3, -0.25) is 9.78 Å². The Hall–Kier alpha value is -2.33. The van der Waals surface area contributed by atoms with Gasteiger partial charge in [-0.05, 0) is 36.5 Å². The van der Waals surface area contributed by atoms with Gasteiger partial charge in [0.15, 0.2) is 15.7 Å². The second kappa shape index (κ2) is 9.66. The monoisotopic (exact) mass is 477 g/mol. The molecule has 32 heavy (non-hydrogen) atoms. The van der Waals surface area contributed by atoms with Gasteiger partial charge < -0.3 is 14.8 Å². The first-order valence-electron chi connectivity index (χ1n) is 10.4. The van der Waals surface area contributed by atoms with Gasteiger partial charge in [-0.25, -0.2) is 13.4 Å². The number of aromatic nitrogens is 2. The van der Waals surface area contributed by atoms with E-state index < -0.39 is 16.1 Å². The van der Waals surface area contributed by atoms with Crippen LogP contribution in [0, 0.1) is 5.92 Å². The molecule has 4 rings (SSSR count). The summed E-state index contributed by atoms with van der Waals surface area (Å²) in [6, 6.07) is 4.55. The average molecular weight is 478 g/mol. The second-order valence-electron chi connectivity index (χ2n) is 7.90. The fourth-order valence-corrected chi connectivity index (χ4v) is 5.20. The number of nitrogens with one attached hydrogen (secondary N) is 1. The van der Waals surface area contributed by atoms with Crippen LogP contribution in [-0.4, -0.2) is 43.8 Å².